The van der Waals surface area contributed by atoms with Crippen LogP contribution in [-0.4, -0.2) is 17.7 Å². The van der Waals surface area contributed by atoms with E-state index in [9.17, 15) is 13.2 Å². The van der Waals surface area contributed by atoms with E-state index < -0.39 is 12.6 Å². The van der Waals surface area contributed by atoms with Crippen LogP contribution in [-0.2, 0) is 0 Å². The van der Waals surface area contributed by atoms with Gasteiger partial charge in [0.25, 0.3) is 0 Å². The molecule has 96 valence electrons. The molecule has 0 amide bonds. The van der Waals surface area contributed by atoms with Crippen LogP contribution in [0.1, 0.15) is 19.3 Å². The number of halogens is 3. The van der Waals surface area contributed by atoms with Gasteiger partial charge in [0.2, 0.25) is 0 Å². The number of pyridine rings is 1. The summed E-state index contributed by atoms with van der Waals surface area (Å²) in [7, 11) is 0. The molecule has 17 heavy (non-hydrogen) atoms. The highest BCUT2D eigenvalue weighted by Crippen LogP contribution is 2.22. The van der Waals surface area contributed by atoms with Gasteiger partial charge in [-0.25, -0.2) is 4.98 Å². The lowest BCUT2D eigenvalue weighted by Gasteiger charge is -2.08. The van der Waals surface area contributed by atoms with Crippen LogP contribution >= 0.6 is 0 Å². The lowest BCUT2D eigenvalue weighted by atomic mass is 10.2. The third kappa shape index (κ3) is 5.28. The predicted octanol–water partition coefficient (Wildman–Crippen LogP) is 2.39. The SMILES string of the molecule is Nc1ccc(NCCCCC(F)(F)F)nc1N. The molecule has 1 aromatic heterocycles. The van der Waals surface area contributed by atoms with E-state index in [2.05, 4.69) is 10.3 Å². The number of hydrogen-bond acceptors (Lipinski definition) is 4. The molecule has 0 saturated heterocycles. The molecule has 0 saturated carbocycles. The van der Waals surface area contributed by atoms with Crippen LogP contribution in [0, 0.1) is 0 Å². The third-order valence-corrected chi connectivity index (χ3v) is 2.15. The zero-order valence-corrected chi connectivity index (χ0v) is 9.22. The Kier molecular flexibility index (Phi) is 4.42. The summed E-state index contributed by atoms with van der Waals surface area (Å²) in [5, 5.41) is 2.88. The Bertz CT molecular complexity index is 365. The number of alkyl halides is 3. The molecule has 0 unspecified atom stereocenters. The number of anilines is 3. The standard InChI is InChI=1S/C10H15F3N4/c11-10(12,13)5-1-2-6-16-8-4-3-7(14)9(15)17-8/h3-4H,1-2,5-6,14H2,(H3,15,16,17). The van der Waals surface area contributed by atoms with Crippen molar-refractivity contribution in [2.45, 2.75) is 25.4 Å². The monoisotopic (exact) mass is 248 g/mol. The first kappa shape index (κ1) is 13.4. The molecule has 0 fully saturated rings. The van der Waals surface area contributed by atoms with Gasteiger partial charge in [-0.1, -0.05) is 0 Å². The highest BCUT2D eigenvalue weighted by Gasteiger charge is 2.25. The highest BCUT2D eigenvalue weighted by atomic mass is 19.4. The van der Waals surface area contributed by atoms with Crippen LogP contribution in [0.4, 0.5) is 30.5 Å². The second-order valence-electron chi connectivity index (χ2n) is 3.67. The van der Waals surface area contributed by atoms with Gasteiger partial charge in [0.15, 0.2) is 0 Å². The molecule has 7 heteroatoms. The molecule has 0 bridgehead atoms. The van der Waals surface area contributed by atoms with Crippen molar-refractivity contribution in [2.24, 2.45) is 0 Å². The zero-order chi connectivity index (χ0) is 12.9. The molecular weight excluding hydrogens is 233 g/mol. The lowest BCUT2D eigenvalue weighted by molar-refractivity contribution is -0.135. The average Bonchev–Trinajstić information content (AvgIpc) is 2.21. The van der Waals surface area contributed by atoms with Crippen LogP contribution in [0.5, 0.6) is 0 Å². The summed E-state index contributed by atoms with van der Waals surface area (Å²) >= 11 is 0. The minimum Gasteiger partial charge on any atom is -0.396 e. The van der Waals surface area contributed by atoms with Gasteiger partial charge in [-0.3, -0.25) is 0 Å². The van der Waals surface area contributed by atoms with Gasteiger partial charge in [-0.2, -0.15) is 13.2 Å². The molecule has 5 N–H and O–H groups in total. The fourth-order valence-electron chi connectivity index (χ4n) is 1.25. The largest absolute Gasteiger partial charge is 0.396 e. The second-order valence-corrected chi connectivity index (χ2v) is 3.67. The fourth-order valence-corrected chi connectivity index (χ4v) is 1.25. The van der Waals surface area contributed by atoms with Crippen LogP contribution in [0.3, 0.4) is 0 Å². The summed E-state index contributed by atoms with van der Waals surface area (Å²) < 4.78 is 35.5. The van der Waals surface area contributed by atoms with Crippen molar-refractivity contribution < 1.29 is 13.2 Å². The van der Waals surface area contributed by atoms with Crippen LogP contribution in [0.2, 0.25) is 0 Å². The van der Waals surface area contributed by atoms with Gasteiger partial charge < -0.3 is 16.8 Å². The van der Waals surface area contributed by atoms with Gasteiger partial charge in [-0.15, -0.1) is 0 Å². The van der Waals surface area contributed by atoms with Crippen LogP contribution < -0.4 is 16.8 Å². The number of rotatable bonds is 5. The second kappa shape index (κ2) is 5.60. The molecule has 0 aliphatic carbocycles. The van der Waals surface area contributed by atoms with Crippen molar-refractivity contribution in [3.05, 3.63) is 12.1 Å². The van der Waals surface area contributed by atoms with E-state index in [-0.39, 0.29) is 12.2 Å². The summed E-state index contributed by atoms with van der Waals surface area (Å²) in [6.45, 7) is 0.423. The van der Waals surface area contributed by atoms with E-state index >= 15 is 0 Å². The molecule has 1 rings (SSSR count). The minimum atomic E-state index is -4.08. The Labute approximate surface area is 97.2 Å². The number of nitrogen functional groups attached to an aromatic ring is 2. The molecular formula is C10H15F3N4. The van der Waals surface area contributed by atoms with Crippen molar-refractivity contribution in [3.8, 4) is 0 Å². The van der Waals surface area contributed by atoms with Crippen molar-refractivity contribution in [1.82, 2.24) is 4.98 Å². The molecule has 0 aliphatic rings. The molecule has 0 radical (unpaired) electrons. The van der Waals surface area contributed by atoms with Gasteiger partial charge in [0.05, 0.1) is 5.69 Å². The molecule has 0 atom stereocenters. The van der Waals surface area contributed by atoms with E-state index in [0.29, 0.717) is 24.5 Å². The predicted molar refractivity (Wildman–Crippen MR) is 61.5 cm³/mol. The minimum absolute atomic E-state index is 0.0982. The molecule has 4 nitrogen and oxygen atoms in total. The Morgan fingerprint density at radius 2 is 1.88 bits per heavy atom. The van der Waals surface area contributed by atoms with Crippen molar-refractivity contribution in [2.75, 3.05) is 23.3 Å². The first-order valence-corrected chi connectivity index (χ1v) is 5.21. The molecule has 1 heterocycles. The van der Waals surface area contributed by atoms with Crippen molar-refractivity contribution in [3.63, 3.8) is 0 Å². The Balaban J connectivity index is 2.25. The summed E-state index contributed by atoms with van der Waals surface area (Å²) in [4.78, 5) is 3.94. The number of nitrogens with one attached hydrogen (secondary N) is 1. The number of nitrogens with zero attached hydrogens (tertiary/aromatic N) is 1. The Morgan fingerprint density at radius 1 is 1.18 bits per heavy atom. The van der Waals surface area contributed by atoms with Crippen LogP contribution in [0.15, 0.2) is 12.1 Å². The molecule has 0 aliphatic heterocycles. The Hall–Kier alpha value is -1.66. The van der Waals surface area contributed by atoms with Crippen molar-refractivity contribution >= 4 is 17.3 Å². The summed E-state index contributed by atoms with van der Waals surface area (Å²) in [6.07, 6.45) is -4.32. The number of unbranched alkanes of at least 4 members (excludes halogenated alkanes) is 1. The quantitative estimate of drug-likeness (QED) is 0.699. The lowest BCUT2D eigenvalue weighted by Crippen LogP contribution is -2.09. The van der Waals surface area contributed by atoms with Crippen LogP contribution in [0.25, 0.3) is 0 Å². The number of hydrogen-bond donors (Lipinski definition) is 3. The number of nitrogens with two attached hydrogens (primary N) is 2. The molecule has 0 aromatic carbocycles. The normalized spacial score (nSPS) is 11.5. The first-order chi connectivity index (χ1) is 7.88. The summed E-state index contributed by atoms with van der Waals surface area (Å²) in [5.41, 5.74) is 11.3. The van der Waals surface area contributed by atoms with E-state index in [4.69, 9.17) is 11.5 Å². The zero-order valence-electron chi connectivity index (χ0n) is 9.22. The fraction of sp³-hybridized carbons (Fsp3) is 0.500. The third-order valence-electron chi connectivity index (χ3n) is 2.15. The van der Waals surface area contributed by atoms with E-state index in [1.807, 2.05) is 0 Å². The van der Waals surface area contributed by atoms with Gasteiger partial charge in [0.1, 0.15) is 11.6 Å². The topological polar surface area (TPSA) is 77.0 Å². The van der Waals surface area contributed by atoms with E-state index in [0.717, 1.165) is 0 Å². The van der Waals surface area contributed by atoms with Gasteiger partial charge in [0, 0.05) is 13.0 Å². The maximum atomic E-state index is 11.8. The van der Waals surface area contributed by atoms with E-state index in [1.165, 1.54) is 0 Å². The maximum absolute atomic E-state index is 11.8. The number of aromatic nitrogens is 1. The highest BCUT2D eigenvalue weighted by molar-refractivity contribution is 5.61. The van der Waals surface area contributed by atoms with Gasteiger partial charge >= 0.3 is 6.18 Å². The van der Waals surface area contributed by atoms with E-state index in [1.54, 1.807) is 12.1 Å². The smallest absolute Gasteiger partial charge is 0.389 e. The first-order valence-electron chi connectivity index (χ1n) is 5.21. The maximum Gasteiger partial charge on any atom is 0.389 e. The Morgan fingerprint density at radius 3 is 2.47 bits per heavy atom. The molecule has 1 aromatic rings. The summed E-state index contributed by atoms with van der Waals surface area (Å²) in [5.74, 6) is 0.731. The average molecular weight is 248 g/mol. The summed E-state index contributed by atoms with van der Waals surface area (Å²) in [6, 6.07) is 3.23. The molecule has 0 spiro atoms. The van der Waals surface area contributed by atoms with Crippen molar-refractivity contribution in [1.29, 1.82) is 0 Å². The van der Waals surface area contributed by atoms with Gasteiger partial charge in [-0.05, 0) is 25.0 Å².